The van der Waals surface area contributed by atoms with Crippen molar-refractivity contribution in [3.05, 3.63) is 53.9 Å². The number of hydrogen-bond donors (Lipinski definition) is 1. The molecule has 0 saturated carbocycles. The largest absolute Gasteiger partial charge is 0.346 e. The second kappa shape index (κ2) is 6.92. The number of rotatable bonds is 3. The third-order valence-corrected chi connectivity index (χ3v) is 5.27. The summed E-state index contributed by atoms with van der Waals surface area (Å²) in [6, 6.07) is 10.4. The fraction of sp³-hybridized carbons (Fsp3) is 0.333. The first-order chi connectivity index (χ1) is 12.6. The molecule has 1 N–H and O–H groups in total. The molecule has 0 atom stereocenters. The highest BCUT2D eigenvalue weighted by atomic mass is 16.2. The fourth-order valence-electron chi connectivity index (χ4n) is 3.58. The number of benzene rings is 1. The zero-order valence-electron chi connectivity index (χ0n) is 15.3. The maximum absolute atomic E-state index is 12.7. The fourth-order valence-corrected chi connectivity index (χ4v) is 3.58. The number of likely N-dealkylation sites (N-methyl/N-ethyl adjacent to an activating group) is 1. The second-order valence-corrected chi connectivity index (χ2v) is 7.11. The van der Waals surface area contributed by atoms with Gasteiger partial charge in [-0.15, -0.1) is 0 Å². The molecule has 5 nitrogen and oxygen atoms in total. The lowest BCUT2D eigenvalue weighted by Gasteiger charge is -2.32. The lowest BCUT2D eigenvalue weighted by Crippen LogP contribution is -2.47. The maximum Gasteiger partial charge on any atom is 0.227 e. The number of nitrogens with one attached hydrogen (secondary N) is 1. The minimum atomic E-state index is 0.195. The van der Waals surface area contributed by atoms with Crippen LogP contribution in [0.4, 0.5) is 0 Å². The third kappa shape index (κ3) is 3.22. The summed E-state index contributed by atoms with van der Waals surface area (Å²) in [7, 11) is 2.10. The van der Waals surface area contributed by atoms with Gasteiger partial charge in [0.2, 0.25) is 5.91 Å². The minimum Gasteiger partial charge on any atom is -0.346 e. The summed E-state index contributed by atoms with van der Waals surface area (Å²) in [5.74, 6) is 0.195. The summed E-state index contributed by atoms with van der Waals surface area (Å²) in [5.41, 5.74) is 5.34. The van der Waals surface area contributed by atoms with Crippen LogP contribution in [0.15, 0.2) is 42.7 Å². The Kier molecular flexibility index (Phi) is 4.47. The summed E-state index contributed by atoms with van der Waals surface area (Å²) in [4.78, 5) is 24.7. The van der Waals surface area contributed by atoms with Gasteiger partial charge in [-0.25, -0.2) is 4.98 Å². The highest BCUT2D eigenvalue weighted by Gasteiger charge is 2.20. The Morgan fingerprint density at radius 3 is 2.73 bits per heavy atom. The standard InChI is InChI=1S/C21H24N4O/c1-15-5-3-4-6-18(15)16-11-19-17(14-23-21(19)22-13-16)12-20(26)25-9-7-24(2)8-10-25/h3-6,11,13-14H,7-10,12H2,1-2H3,(H,22,23). The molecule has 3 heterocycles. The van der Waals surface area contributed by atoms with Crippen molar-refractivity contribution >= 4 is 16.9 Å². The molecule has 1 amide bonds. The first-order valence-corrected chi connectivity index (χ1v) is 9.10. The van der Waals surface area contributed by atoms with E-state index < -0.39 is 0 Å². The Morgan fingerprint density at radius 2 is 1.96 bits per heavy atom. The number of amides is 1. The normalized spacial score (nSPS) is 15.5. The van der Waals surface area contributed by atoms with Crippen molar-refractivity contribution in [2.75, 3.05) is 33.2 Å². The molecule has 5 heteroatoms. The quantitative estimate of drug-likeness (QED) is 0.792. The van der Waals surface area contributed by atoms with Gasteiger partial charge in [-0.2, -0.15) is 0 Å². The van der Waals surface area contributed by atoms with Crippen molar-refractivity contribution < 1.29 is 4.79 Å². The molecule has 2 aromatic heterocycles. The van der Waals surface area contributed by atoms with Gasteiger partial charge in [0.15, 0.2) is 0 Å². The van der Waals surface area contributed by atoms with Crippen LogP contribution in [0.25, 0.3) is 22.2 Å². The van der Waals surface area contributed by atoms with Gasteiger partial charge in [-0.1, -0.05) is 24.3 Å². The van der Waals surface area contributed by atoms with E-state index in [1.807, 2.05) is 29.4 Å². The first-order valence-electron chi connectivity index (χ1n) is 9.10. The average Bonchev–Trinajstić information content (AvgIpc) is 3.05. The van der Waals surface area contributed by atoms with Crippen LogP contribution in [0.2, 0.25) is 0 Å². The van der Waals surface area contributed by atoms with Crippen LogP contribution in [0.1, 0.15) is 11.1 Å². The summed E-state index contributed by atoms with van der Waals surface area (Å²) in [6.45, 7) is 5.61. The van der Waals surface area contributed by atoms with Gasteiger partial charge in [-0.05, 0) is 36.7 Å². The van der Waals surface area contributed by atoms with Crippen LogP contribution in [-0.4, -0.2) is 58.9 Å². The molecule has 26 heavy (non-hydrogen) atoms. The molecule has 1 fully saturated rings. The van der Waals surface area contributed by atoms with E-state index in [2.05, 4.69) is 47.0 Å². The van der Waals surface area contributed by atoms with Gasteiger partial charge in [0, 0.05) is 49.5 Å². The van der Waals surface area contributed by atoms with E-state index in [-0.39, 0.29) is 5.91 Å². The van der Waals surface area contributed by atoms with E-state index in [1.54, 1.807) is 0 Å². The molecule has 0 bridgehead atoms. The molecule has 1 aliphatic heterocycles. The number of aryl methyl sites for hydroxylation is 1. The zero-order valence-corrected chi connectivity index (χ0v) is 15.3. The van der Waals surface area contributed by atoms with E-state index in [4.69, 9.17) is 0 Å². The number of hydrogen-bond acceptors (Lipinski definition) is 3. The number of pyridine rings is 1. The van der Waals surface area contributed by atoms with Gasteiger partial charge >= 0.3 is 0 Å². The topological polar surface area (TPSA) is 52.2 Å². The molecule has 1 aliphatic rings. The van der Waals surface area contributed by atoms with E-state index in [1.165, 1.54) is 11.1 Å². The number of H-pyrrole nitrogens is 1. The molecule has 0 radical (unpaired) electrons. The first kappa shape index (κ1) is 16.8. The Hall–Kier alpha value is -2.66. The molecule has 134 valence electrons. The van der Waals surface area contributed by atoms with Gasteiger partial charge in [-0.3, -0.25) is 4.79 Å². The zero-order chi connectivity index (χ0) is 18.1. The van der Waals surface area contributed by atoms with Gasteiger partial charge in [0.05, 0.1) is 6.42 Å². The maximum atomic E-state index is 12.7. The number of nitrogens with zero attached hydrogens (tertiary/aromatic N) is 3. The van der Waals surface area contributed by atoms with Gasteiger partial charge in [0.25, 0.3) is 0 Å². The molecule has 3 aromatic rings. The Balaban J connectivity index is 1.61. The van der Waals surface area contributed by atoms with E-state index in [0.717, 1.165) is 48.3 Å². The van der Waals surface area contributed by atoms with Crippen molar-refractivity contribution in [3.8, 4) is 11.1 Å². The highest BCUT2D eigenvalue weighted by Crippen LogP contribution is 2.27. The van der Waals surface area contributed by atoms with Crippen LogP contribution < -0.4 is 0 Å². The highest BCUT2D eigenvalue weighted by molar-refractivity contribution is 5.89. The molecular formula is C21H24N4O. The van der Waals surface area contributed by atoms with Crippen molar-refractivity contribution in [2.24, 2.45) is 0 Å². The predicted octanol–water partition coefficient (Wildman–Crippen LogP) is 2.85. The Labute approximate surface area is 153 Å². The molecule has 0 aliphatic carbocycles. The van der Waals surface area contributed by atoms with Crippen LogP contribution in [-0.2, 0) is 11.2 Å². The molecule has 0 spiro atoms. The van der Waals surface area contributed by atoms with E-state index in [9.17, 15) is 4.79 Å². The Bertz CT molecular complexity index is 938. The third-order valence-electron chi connectivity index (χ3n) is 5.27. The monoisotopic (exact) mass is 348 g/mol. The SMILES string of the molecule is Cc1ccccc1-c1cnc2[nH]cc(CC(=O)N3CCN(C)CC3)c2c1. The van der Waals surface area contributed by atoms with E-state index >= 15 is 0 Å². The molecule has 1 saturated heterocycles. The lowest BCUT2D eigenvalue weighted by molar-refractivity contribution is -0.132. The van der Waals surface area contributed by atoms with Crippen LogP contribution in [0.3, 0.4) is 0 Å². The summed E-state index contributed by atoms with van der Waals surface area (Å²) < 4.78 is 0. The van der Waals surface area contributed by atoms with Crippen molar-refractivity contribution in [3.63, 3.8) is 0 Å². The second-order valence-electron chi connectivity index (χ2n) is 7.11. The number of piperazine rings is 1. The summed E-state index contributed by atoms with van der Waals surface area (Å²) >= 11 is 0. The number of aromatic nitrogens is 2. The molecular weight excluding hydrogens is 324 g/mol. The molecule has 1 aromatic carbocycles. The number of aromatic amines is 1. The smallest absolute Gasteiger partial charge is 0.227 e. The van der Waals surface area contributed by atoms with Crippen molar-refractivity contribution in [1.29, 1.82) is 0 Å². The minimum absolute atomic E-state index is 0.195. The van der Waals surface area contributed by atoms with Crippen molar-refractivity contribution in [1.82, 2.24) is 19.8 Å². The molecule has 0 unspecified atom stereocenters. The van der Waals surface area contributed by atoms with Crippen LogP contribution in [0, 0.1) is 6.92 Å². The van der Waals surface area contributed by atoms with E-state index in [0.29, 0.717) is 6.42 Å². The Morgan fingerprint density at radius 1 is 1.19 bits per heavy atom. The van der Waals surface area contributed by atoms with Crippen LogP contribution in [0.5, 0.6) is 0 Å². The average molecular weight is 348 g/mol. The number of carbonyl (C=O) groups is 1. The lowest BCUT2D eigenvalue weighted by atomic mass is 10.0. The predicted molar refractivity (Wildman–Crippen MR) is 104 cm³/mol. The van der Waals surface area contributed by atoms with Gasteiger partial charge < -0.3 is 14.8 Å². The summed E-state index contributed by atoms with van der Waals surface area (Å²) in [5, 5.41) is 1.04. The number of fused-ring (bicyclic) bond motifs is 1. The number of carbonyl (C=O) groups excluding carboxylic acids is 1. The summed E-state index contributed by atoms with van der Waals surface area (Å²) in [6.07, 6.45) is 4.24. The van der Waals surface area contributed by atoms with Gasteiger partial charge in [0.1, 0.15) is 5.65 Å². The molecule has 4 rings (SSSR count). The van der Waals surface area contributed by atoms with Crippen LogP contribution >= 0.6 is 0 Å². The van der Waals surface area contributed by atoms with Crippen molar-refractivity contribution in [2.45, 2.75) is 13.3 Å².